The van der Waals surface area contributed by atoms with Gasteiger partial charge < -0.3 is 0 Å². The molecule has 20 heavy (non-hydrogen) atoms. The van der Waals surface area contributed by atoms with Crippen molar-refractivity contribution in [3.05, 3.63) is 70.8 Å². The molecule has 0 N–H and O–H groups in total. The van der Waals surface area contributed by atoms with Crippen LogP contribution in [0.2, 0.25) is 0 Å². The zero-order valence-electron chi connectivity index (χ0n) is 13.1. The molecule has 2 aromatic rings. The number of benzene rings is 2. The summed E-state index contributed by atoms with van der Waals surface area (Å²) in [4.78, 5) is 0. The molecule has 0 aliphatic heterocycles. The van der Waals surface area contributed by atoms with Crippen molar-refractivity contribution in [3.63, 3.8) is 0 Å². The lowest BCUT2D eigenvalue weighted by Crippen LogP contribution is -2.10. The molecular formula is C20H30. The minimum atomic E-state index is 0. The third-order valence-corrected chi connectivity index (χ3v) is 3.10. The molecule has 110 valence electrons. The van der Waals surface area contributed by atoms with Gasteiger partial charge >= 0.3 is 0 Å². The van der Waals surface area contributed by atoms with E-state index in [0.29, 0.717) is 0 Å². The molecule has 0 aromatic heterocycles. The molecule has 0 radical (unpaired) electrons. The first kappa shape index (κ1) is 18.4. The Kier molecular flexibility index (Phi) is 7.28. The topological polar surface area (TPSA) is 0 Å². The first-order chi connectivity index (χ1) is 8.79. The Morgan fingerprint density at radius 1 is 0.650 bits per heavy atom. The second-order valence-corrected chi connectivity index (χ2v) is 6.27. The lowest BCUT2D eigenvalue weighted by Gasteiger charge is -2.19. The SMILES string of the molecule is C.Cc1ccc(C)cc1.Cc1cccc(C(C)(C)C)c1. The highest BCUT2D eigenvalue weighted by atomic mass is 14.2. The fourth-order valence-electron chi connectivity index (χ4n) is 1.75. The summed E-state index contributed by atoms with van der Waals surface area (Å²) in [7, 11) is 0. The van der Waals surface area contributed by atoms with E-state index < -0.39 is 0 Å². The van der Waals surface area contributed by atoms with E-state index in [-0.39, 0.29) is 12.8 Å². The van der Waals surface area contributed by atoms with Crippen molar-refractivity contribution in [1.29, 1.82) is 0 Å². The van der Waals surface area contributed by atoms with Crippen LogP contribution in [0.15, 0.2) is 48.5 Å². The highest BCUT2D eigenvalue weighted by Crippen LogP contribution is 2.22. The van der Waals surface area contributed by atoms with Crippen molar-refractivity contribution >= 4 is 0 Å². The fraction of sp³-hybridized carbons (Fsp3) is 0.400. The monoisotopic (exact) mass is 270 g/mol. The molecule has 0 fully saturated rings. The molecule has 0 saturated carbocycles. The van der Waals surface area contributed by atoms with Crippen LogP contribution in [0.5, 0.6) is 0 Å². The highest BCUT2D eigenvalue weighted by molar-refractivity contribution is 5.27. The molecule has 0 aliphatic carbocycles. The van der Waals surface area contributed by atoms with E-state index in [9.17, 15) is 0 Å². The van der Waals surface area contributed by atoms with Gasteiger partial charge in [-0.25, -0.2) is 0 Å². The van der Waals surface area contributed by atoms with Gasteiger partial charge in [-0.3, -0.25) is 0 Å². The normalized spacial score (nSPS) is 10.1. The van der Waals surface area contributed by atoms with Gasteiger partial charge in [0.05, 0.1) is 0 Å². The molecular weight excluding hydrogens is 240 g/mol. The van der Waals surface area contributed by atoms with Crippen LogP contribution in [0.4, 0.5) is 0 Å². The first-order valence-corrected chi connectivity index (χ1v) is 6.89. The van der Waals surface area contributed by atoms with Crippen molar-refractivity contribution in [2.45, 2.75) is 54.4 Å². The Hall–Kier alpha value is -1.56. The van der Waals surface area contributed by atoms with Crippen LogP contribution in [0.3, 0.4) is 0 Å². The van der Waals surface area contributed by atoms with E-state index in [1.165, 1.54) is 22.3 Å². The molecule has 0 amide bonds. The van der Waals surface area contributed by atoms with Crippen LogP contribution in [0, 0.1) is 20.8 Å². The van der Waals surface area contributed by atoms with Crippen molar-refractivity contribution in [1.82, 2.24) is 0 Å². The smallest absolute Gasteiger partial charge is 0.0132 e. The highest BCUT2D eigenvalue weighted by Gasteiger charge is 2.12. The van der Waals surface area contributed by atoms with E-state index >= 15 is 0 Å². The van der Waals surface area contributed by atoms with Crippen LogP contribution in [-0.2, 0) is 5.41 Å². The molecule has 0 bridgehead atoms. The maximum Gasteiger partial charge on any atom is -0.0132 e. The van der Waals surface area contributed by atoms with Gasteiger partial charge in [-0.2, -0.15) is 0 Å². The van der Waals surface area contributed by atoms with E-state index in [2.05, 4.69) is 90.1 Å². The van der Waals surface area contributed by atoms with Gasteiger partial charge in [0, 0.05) is 0 Å². The van der Waals surface area contributed by atoms with Gasteiger partial charge in [0.25, 0.3) is 0 Å². The second-order valence-electron chi connectivity index (χ2n) is 6.27. The Balaban J connectivity index is 0.000000359. The first-order valence-electron chi connectivity index (χ1n) is 6.89. The molecule has 0 nitrogen and oxygen atoms in total. The summed E-state index contributed by atoms with van der Waals surface area (Å²) < 4.78 is 0. The molecule has 0 atom stereocenters. The van der Waals surface area contributed by atoms with Gasteiger partial charge in [-0.15, -0.1) is 0 Å². The summed E-state index contributed by atoms with van der Waals surface area (Å²) >= 11 is 0. The molecule has 2 aromatic carbocycles. The minimum absolute atomic E-state index is 0. The van der Waals surface area contributed by atoms with Crippen LogP contribution in [-0.4, -0.2) is 0 Å². The molecule has 0 heterocycles. The third kappa shape index (κ3) is 6.56. The van der Waals surface area contributed by atoms with Gasteiger partial charge in [0.2, 0.25) is 0 Å². The standard InChI is InChI=1S/C11H16.C8H10.CH4/c1-9-6-5-7-10(8-9)11(2,3)4;1-7-3-5-8(2)6-4-7;/h5-8H,1-4H3;3-6H,1-2H3;1H4. The lowest BCUT2D eigenvalue weighted by atomic mass is 9.86. The Morgan fingerprint density at radius 3 is 1.40 bits per heavy atom. The van der Waals surface area contributed by atoms with Gasteiger partial charge in [-0.1, -0.05) is 93.4 Å². The Morgan fingerprint density at radius 2 is 1.10 bits per heavy atom. The average Bonchev–Trinajstić information content (AvgIpc) is 2.33. The predicted octanol–water partition coefficient (Wildman–Crippen LogP) is 6.23. The van der Waals surface area contributed by atoms with Crippen LogP contribution >= 0.6 is 0 Å². The third-order valence-electron chi connectivity index (χ3n) is 3.10. The fourth-order valence-corrected chi connectivity index (χ4v) is 1.75. The number of aryl methyl sites for hydroxylation is 3. The maximum atomic E-state index is 2.25. The summed E-state index contributed by atoms with van der Waals surface area (Å²) in [6, 6.07) is 17.2. The van der Waals surface area contributed by atoms with E-state index in [1.807, 2.05) is 0 Å². The minimum Gasteiger partial charge on any atom is -0.0776 e. The average molecular weight is 270 g/mol. The predicted molar refractivity (Wildman–Crippen MR) is 92.5 cm³/mol. The molecule has 0 unspecified atom stereocenters. The van der Waals surface area contributed by atoms with Gasteiger partial charge in [0.1, 0.15) is 0 Å². The zero-order chi connectivity index (χ0) is 14.5. The summed E-state index contributed by atoms with van der Waals surface area (Å²) in [6.07, 6.45) is 0. The van der Waals surface area contributed by atoms with Crippen LogP contribution in [0.1, 0.15) is 50.5 Å². The summed E-state index contributed by atoms with van der Waals surface area (Å²) in [6.45, 7) is 13.0. The van der Waals surface area contributed by atoms with Crippen molar-refractivity contribution in [2.75, 3.05) is 0 Å². The van der Waals surface area contributed by atoms with Crippen molar-refractivity contribution in [2.24, 2.45) is 0 Å². The van der Waals surface area contributed by atoms with Crippen molar-refractivity contribution in [3.8, 4) is 0 Å². The molecule has 0 saturated heterocycles. The zero-order valence-corrected chi connectivity index (χ0v) is 13.1. The molecule has 2 rings (SSSR count). The summed E-state index contributed by atoms with van der Waals surface area (Å²) in [5.41, 5.74) is 5.70. The maximum absolute atomic E-state index is 2.25. The summed E-state index contributed by atoms with van der Waals surface area (Å²) in [5, 5.41) is 0. The van der Waals surface area contributed by atoms with E-state index in [1.54, 1.807) is 0 Å². The van der Waals surface area contributed by atoms with E-state index in [0.717, 1.165) is 0 Å². The molecule has 0 spiro atoms. The van der Waals surface area contributed by atoms with Crippen LogP contribution in [0.25, 0.3) is 0 Å². The molecule has 0 heteroatoms. The lowest BCUT2D eigenvalue weighted by molar-refractivity contribution is 0.590. The largest absolute Gasteiger partial charge is 0.0776 e. The second kappa shape index (κ2) is 7.89. The van der Waals surface area contributed by atoms with Crippen molar-refractivity contribution < 1.29 is 0 Å². The number of hydrogen-bond donors (Lipinski definition) is 0. The Bertz CT molecular complexity index is 477. The quantitative estimate of drug-likeness (QED) is 0.532. The molecule has 0 aliphatic rings. The number of rotatable bonds is 0. The Labute approximate surface area is 125 Å². The van der Waals surface area contributed by atoms with Gasteiger partial charge in [-0.05, 0) is 31.7 Å². The van der Waals surface area contributed by atoms with Crippen LogP contribution < -0.4 is 0 Å². The van der Waals surface area contributed by atoms with E-state index in [4.69, 9.17) is 0 Å². The summed E-state index contributed by atoms with van der Waals surface area (Å²) in [5.74, 6) is 0. The van der Waals surface area contributed by atoms with Gasteiger partial charge in [0.15, 0.2) is 0 Å². The number of hydrogen-bond acceptors (Lipinski definition) is 0.